The molecule has 142 valence electrons. The van der Waals surface area contributed by atoms with E-state index >= 15 is 0 Å². The van der Waals surface area contributed by atoms with Crippen LogP contribution in [0.1, 0.15) is 39.5 Å². The molecular weight excluding hydrogens is 322 g/mol. The number of ether oxygens (including phenoxy) is 1. The summed E-state index contributed by atoms with van der Waals surface area (Å²) in [6.45, 7) is 6.03. The SMILES string of the molecule is COC(=O)[C@@H]1C[C@@H](NC(=O)C2CCN(C(=O)CC(C)C)CC2)CN1C. The summed E-state index contributed by atoms with van der Waals surface area (Å²) in [6, 6.07) is -0.312. The number of piperidine rings is 1. The molecule has 0 unspecified atom stereocenters. The zero-order chi connectivity index (χ0) is 18.6. The summed E-state index contributed by atoms with van der Waals surface area (Å²) in [6.07, 6.45) is 2.57. The highest BCUT2D eigenvalue weighted by Crippen LogP contribution is 2.21. The fourth-order valence-electron chi connectivity index (χ4n) is 3.70. The number of hydrogen-bond donors (Lipinski definition) is 1. The highest BCUT2D eigenvalue weighted by molar-refractivity contribution is 5.81. The van der Waals surface area contributed by atoms with Gasteiger partial charge in [-0.25, -0.2) is 0 Å². The first-order chi connectivity index (χ1) is 11.8. The van der Waals surface area contributed by atoms with Gasteiger partial charge in [0.05, 0.1) is 7.11 Å². The molecule has 2 saturated heterocycles. The minimum Gasteiger partial charge on any atom is -0.468 e. The maximum atomic E-state index is 12.5. The van der Waals surface area contributed by atoms with Crippen molar-refractivity contribution < 1.29 is 19.1 Å². The highest BCUT2D eigenvalue weighted by Gasteiger charge is 2.37. The average molecular weight is 353 g/mol. The lowest BCUT2D eigenvalue weighted by Gasteiger charge is -2.32. The van der Waals surface area contributed by atoms with Crippen LogP contribution in [-0.2, 0) is 19.1 Å². The summed E-state index contributed by atoms with van der Waals surface area (Å²) in [5, 5.41) is 3.07. The molecule has 0 aromatic heterocycles. The number of nitrogens with one attached hydrogen (secondary N) is 1. The van der Waals surface area contributed by atoms with E-state index in [1.54, 1.807) is 0 Å². The second-order valence-corrected chi connectivity index (χ2v) is 7.67. The van der Waals surface area contributed by atoms with Gasteiger partial charge in [-0.3, -0.25) is 19.3 Å². The Bertz CT molecular complexity index is 501. The van der Waals surface area contributed by atoms with E-state index in [-0.39, 0.29) is 35.8 Å². The molecule has 2 rings (SSSR count). The number of rotatable bonds is 5. The molecule has 25 heavy (non-hydrogen) atoms. The maximum Gasteiger partial charge on any atom is 0.323 e. The number of carbonyl (C=O) groups is 3. The Hall–Kier alpha value is -1.63. The average Bonchev–Trinajstić information content (AvgIpc) is 2.94. The molecule has 2 aliphatic heterocycles. The number of likely N-dealkylation sites (tertiary alicyclic amines) is 2. The summed E-state index contributed by atoms with van der Waals surface area (Å²) < 4.78 is 4.80. The number of hydrogen-bond acceptors (Lipinski definition) is 5. The van der Waals surface area contributed by atoms with Crippen LogP contribution in [0.3, 0.4) is 0 Å². The van der Waals surface area contributed by atoms with Crippen molar-refractivity contribution in [2.24, 2.45) is 11.8 Å². The quantitative estimate of drug-likeness (QED) is 0.734. The van der Waals surface area contributed by atoms with Gasteiger partial charge in [0.15, 0.2) is 0 Å². The van der Waals surface area contributed by atoms with Crippen LogP contribution in [0, 0.1) is 11.8 Å². The highest BCUT2D eigenvalue weighted by atomic mass is 16.5. The van der Waals surface area contributed by atoms with Crippen LogP contribution in [0.4, 0.5) is 0 Å². The lowest BCUT2D eigenvalue weighted by Crippen LogP contribution is -2.46. The number of amides is 2. The van der Waals surface area contributed by atoms with E-state index in [2.05, 4.69) is 5.32 Å². The Morgan fingerprint density at radius 1 is 1.20 bits per heavy atom. The number of likely N-dealkylation sites (N-methyl/N-ethyl adjacent to an activating group) is 1. The minimum absolute atomic E-state index is 0.0257. The van der Waals surface area contributed by atoms with Crippen molar-refractivity contribution in [1.82, 2.24) is 15.1 Å². The van der Waals surface area contributed by atoms with E-state index in [1.165, 1.54) is 7.11 Å². The van der Waals surface area contributed by atoms with Crippen molar-refractivity contribution in [3.8, 4) is 0 Å². The number of nitrogens with zero attached hydrogens (tertiary/aromatic N) is 2. The Labute approximate surface area is 150 Å². The molecule has 1 N–H and O–H groups in total. The van der Waals surface area contributed by atoms with Crippen molar-refractivity contribution in [2.75, 3.05) is 33.8 Å². The van der Waals surface area contributed by atoms with Crippen LogP contribution < -0.4 is 5.32 Å². The van der Waals surface area contributed by atoms with E-state index < -0.39 is 0 Å². The van der Waals surface area contributed by atoms with E-state index in [4.69, 9.17) is 4.74 Å². The zero-order valence-electron chi connectivity index (χ0n) is 15.8. The normalized spacial score (nSPS) is 25.2. The number of carbonyl (C=O) groups excluding carboxylic acids is 3. The van der Waals surface area contributed by atoms with E-state index in [0.29, 0.717) is 51.2 Å². The first-order valence-electron chi connectivity index (χ1n) is 9.18. The maximum absolute atomic E-state index is 12.5. The van der Waals surface area contributed by atoms with E-state index in [0.717, 1.165) is 0 Å². The van der Waals surface area contributed by atoms with E-state index in [9.17, 15) is 14.4 Å². The Morgan fingerprint density at radius 3 is 2.40 bits per heavy atom. The standard InChI is InChI=1S/C18H31N3O4/c1-12(2)9-16(22)21-7-5-13(6-8-21)17(23)19-14-10-15(18(24)25-4)20(3)11-14/h12-15H,5-11H2,1-4H3,(H,19,23)/t14-,15+/m1/s1. The molecule has 0 aromatic rings. The zero-order valence-corrected chi connectivity index (χ0v) is 15.8. The van der Waals surface area contributed by atoms with Crippen LogP contribution in [0.15, 0.2) is 0 Å². The van der Waals surface area contributed by atoms with Crippen molar-refractivity contribution in [3.05, 3.63) is 0 Å². The topological polar surface area (TPSA) is 79.0 Å². The lowest BCUT2D eigenvalue weighted by atomic mass is 9.94. The second kappa shape index (κ2) is 8.65. The molecule has 0 saturated carbocycles. The summed E-state index contributed by atoms with van der Waals surface area (Å²) in [5.74, 6) is 0.282. The summed E-state index contributed by atoms with van der Waals surface area (Å²) in [7, 11) is 3.25. The van der Waals surface area contributed by atoms with Crippen LogP contribution in [-0.4, -0.2) is 73.5 Å². The third-order valence-electron chi connectivity index (χ3n) is 5.17. The largest absolute Gasteiger partial charge is 0.468 e. The fraction of sp³-hybridized carbons (Fsp3) is 0.833. The summed E-state index contributed by atoms with van der Waals surface area (Å²) in [5.41, 5.74) is 0. The van der Waals surface area contributed by atoms with Gasteiger partial charge in [0.2, 0.25) is 11.8 Å². The molecule has 0 spiro atoms. The lowest BCUT2D eigenvalue weighted by molar-refractivity contribution is -0.145. The third kappa shape index (κ3) is 5.17. The molecule has 7 heteroatoms. The molecule has 0 aliphatic carbocycles. The van der Waals surface area contributed by atoms with Crippen LogP contribution in [0.5, 0.6) is 0 Å². The molecular formula is C18H31N3O4. The molecule has 2 atom stereocenters. The monoisotopic (exact) mass is 353 g/mol. The smallest absolute Gasteiger partial charge is 0.323 e. The van der Waals surface area contributed by atoms with Crippen molar-refractivity contribution in [1.29, 1.82) is 0 Å². The van der Waals surface area contributed by atoms with Crippen molar-refractivity contribution in [3.63, 3.8) is 0 Å². The molecule has 2 amide bonds. The molecule has 2 heterocycles. The van der Waals surface area contributed by atoms with E-state index in [1.807, 2.05) is 30.7 Å². The van der Waals surface area contributed by atoms with Gasteiger partial charge in [0.25, 0.3) is 0 Å². The first-order valence-corrected chi connectivity index (χ1v) is 9.18. The number of methoxy groups -OCH3 is 1. The van der Waals surface area contributed by atoms with Crippen LogP contribution >= 0.6 is 0 Å². The molecule has 0 radical (unpaired) electrons. The first kappa shape index (κ1) is 19.7. The van der Waals surface area contributed by atoms with Gasteiger partial charge in [-0.15, -0.1) is 0 Å². The molecule has 0 bridgehead atoms. The van der Waals surface area contributed by atoms with Gasteiger partial charge < -0.3 is 15.0 Å². The Kier molecular flexibility index (Phi) is 6.81. The fourth-order valence-corrected chi connectivity index (χ4v) is 3.70. The number of esters is 1. The molecule has 0 aromatic carbocycles. The third-order valence-corrected chi connectivity index (χ3v) is 5.17. The van der Waals surface area contributed by atoms with Gasteiger partial charge >= 0.3 is 5.97 Å². The van der Waals surface area contributed by atoms with Gasteiger partial charge in [-0.2, -0.15) is 0 Å². The van der Waals surface area contributed by atoms with Gasteiger partial charge in [-0.1, -0.05) is 13.8 Å². The van der Waals surface area contributed by atoms with Crippen LogP contribution in [0.25, 0.3) is 0 Å². The summed E-state index contributed by atoms with van der Waals surface area (Å²) >= 11 is 0. The predicted octanol–water partition coefficient (Wildman–Crippen LogP) is 0.633. The van der Waals surface area contributed by atoms with Gasteiger partial charge in [0.1, 0.15) is 6.04 Å². The van der Waals surface area contributed by atoms with Crippen molar-refractivity contribution in [2.45, 2.75) is 51.6 Å². The van der Waals surface area contributed by atoms with Crippen LogP contribution in [0.2, 0.25) is 0 Å². The molecule has 2 aliphatic rings. The van der Waals surface area contributed by atoms with Gasteiger partial charge in [0, 0.05) is 38.0 Å². The summed E-state index contributed by atoms with van der Waals surface area (Å²) in [4.78, 5) is 40.1. The van der Waals surface area contributed by atoms with Crippen molar-refractivity contribution >= 4 is 17.8 Å². The molecule has 2 fully saturated rings. The Balaban J connectivity index is 1.78. The predicted molar refractivity (Wildman–Crippen MR) is 93.7 cm³/mol. The minimum atomic E-state index is -0.286. The molecule has 7 nitrogen and oxygen atoms in total. The van der Waals surface area contributed by atoms with Gasteiger partial charge in [-0.05, 0) is 32.2 Å². The second-order valence-electron chi connectivity index (χ2n) is 7.67. The Morgan fingerprint density at radius 2 is 1.84 bits per heavy atom.